The molecule has 3 heterocycles. The van der Waals surface area contributed by atoms with Gasteiger partial charge in [0.15, 0.2) is 0 Å². The largest absolute Gasteiger partial charge is 0.399 e. The van der Waals surface area contributed by atoms with Crippen LogP contribution in [-0.2, 0) is 0 Å². The van der Waals surface area contributed by atoms with E-state index >= 15 is 0 Å². The van der Waals surface area contributed by atoms with E-state index in [2.05, 4.69) is 30.6 Å². The molecule has 5 heteroatoms. The Morgan fingerprint density at radius 1 is 1.44 bits per heavy atom. The summed E-state index contributed by atoms with van der Waals surface area (Å²) in [7, 11) is 0. The van der Waals surface area contributed by atoms with Gasteiger partial charge < -0.3 is 15.5 Å². The molecular formula is C13H17BrN4. The van der Waals surface area contributed by atoms with Crippen molar-refractivity contribution >= 4 is 27.1 Å². The van der Waals surface area contributed by atoms with Crippen molar-refractivity contribution in [2.45, 2.75) is 25.2 Å². The van der Waals surface area contributed by atoms with Gasteiger partial charge in [0, 0.05) is 24.3 Å². The minimum absolute atomic E-state index is 0.481. The molecule has 0 radical (unpaired) electrons. The number of halogens is 1. The second kappa shape index (κ2) is 4.90. The van der Waals surface area contributed by atoms with E-state index < -0.39 is 0 Å². The van der Waals surface area contributed by atoms with Gasteiger partial charge in [-0.25, -0.2) is 4.98 Å². The Bertz CT molecular complexity index is 555. The van der Waals surface area contributed by atoms with Crippen LogP contribution in [-0.4, -0.2) is 22.5 Å². The van der Waals surface area contributed by atoms with Crippen molar-refractivity contribution in [3.63, 3.8) is 0 Å². The summed E-state index contributed by atoms with van der Waals surface area (Å²) in [5, 5.41) is 3.49. The Morgan fingerprint density at radius 3 is 3.22 bits per heavy atom. The lowest BCUT2D eigenvalue weighted by molar-refractivity contribution is 0.575. The highest BCUT2D eigenvalue weighted by atomic mass is 79.9. The van der Waals surface area contributed by atoms with E-state index in [9.17, 15) is 0 Å². The minimum atomic E-state index is 0.481. The zero-order valence-electron chi connectivity index (χ0n) is 10.2. The SMILES string of the molecule is Nc1ccn2c(C3CCCCNC3)nc(Br)c2c1. The van der Waals surface area contributed by atoms with Crippen molar-refractivity contribution in [1.82, 2.24) is 14.7 Å². The van der Waals surface area contributed by atoms with Crippen LogP contribution in [0.15, 0.2) is 22.9 Å². The zero-order chi connectivity index (χ0) is 12.5. The Labute approximate surface area is 115 Å². The second-order valence-corrected chi connectivity index (χ2v) is 5.62. The quantitative estimate of drug-likeness (QED) is 0.851. The van der Waals surface area contributed by atoms with E-state index in [1.54, 1.807) is 0 Å². The maximum atomic E-state index is 5.83. The highest BCUT2D eigenvalue weighted by molar-refractivity contribution is 9.10. The first-order valence-corrected chi connectivity index (χ1v) is 7.18. The number of imidazole rings is 1. The van der Waals surface area contributed by atoms with Gasteiger partial charge in [0.1, 0.15) is 10.4 Å². The van der Waals surface area contributed by atoms with Gasteiger partial charge in [-0.05, 0) is 47.4 Å². The van der Waals surface area contributed by atoms with Crippen LogP contribution in [0.1, 0.15) is 31.0 Å². The highest BCUT2D eigenvalue weighted by Gasteiger charge is 2.20. The van der Waals surface area contributed by atoms with Crippen molar-refractivity contribution in [3.05, 3.63) is 28.8 Å². The number of nitrogen functional groups attached to an aromatic ring is 1. The summed E-state index contributed by atoms with van der Waals surface area (Å²) in [6, 6.07) is 3.89. The molecular weight excluding hydrogens is 292 g/mol. The van der Waals surface area contributed by atoms with Crippen LogP contribution in [0.25, 0.3) is 5.52 Å². The zero-order valence-corrected chi connectivity index (χ0v) is 11.8. The first-order chi connectivity index (χ1) is 8.75. The summed E-state index contributed by atoms with van der Waals surface area (Å²) in [5.74, 6) is 1.61. The maximum Gasteiger partial charge on any atom is 0.132 e. The number of hydrogen-bond acceptors (Lipinski definition) is 3. The molecule has 0 amide bonds. The van der Waals surface area contributed by atoms with E-state index in [0.717, 1.165) is 34.7 Å². The van der Waals surface area contributed by atoms with Crippen molar-refractivity contribution in [1.29, 1.82) is 0 Å². The fourth-order valence-electron chi connectivity index (χ4n) is 2.61. The predicted octanol–water partition coefficient (Wildman–Crippen LogP) is 2.54. The van der Waals surface area contributed by atoms with Gasteiger partial charge in [0.25, 0.3) is 0 Å². The Kier molecular flexibility index (Phi) is 3.26. The van der Waals surface area contributed by atoms with E-state index in [4.69, 9.17) is 5.73 Å². The van der Waals surface area contributed by atoms with E-state index in [1.807, 2.05) is 18.3 Å². The van der Waals surface area contributed by atoms with Gasteiger partial charge >= 0.3 is 0 Å². The number of hydrogen-bond donors (Lipinski definition) is 2. The average Bonchev–Trinajstić information content (AvgIpc) is 2.58. The molecule has 3 rings (SSSR count). The predicted molar refractivity (Wildman–Crippen MR) is 76.8 cm³/mol. The third-order valence-electron chi connectivity index (χ3n) is 3.56. The van der Waals surface area contributed by atoms with Crippen molar-refractivity contribution in [3.8, 4) is 0 Å². The molecule has 1 unspecified atom stereocenters. The third-order valence-corrected chi connectivity index (χ3v) is 4.15. The number of anilines is 1. The van der Waals surface area contributed by atoms with E-state index in [1.165, 1.54) is 19.3 Å². The molecule has 0 spiro atoms. The van der Waals surface area contributed by atoms with Gasteiger partial charge in [-0.3, -0.25) is 0 Å². The van der Waals surface area contributed by atoms with Crippen LogP contribution < -0.4 is 11.1 Å². The molecule has 2 aromatic rings. The molecule has 4 nitrogen and oxygen atoms in total. The van der Waals surface area contributed by atoms with Crippen LogP contribution in [0.2, 0.25) is 0 Å². The molecule has 2 aromatic heterocycles. The molecule has 1 aliphatic rings. The van der Waals surface area contributed by atoms with Gasteiger partial charge in [-0.15, -0.1) is 0 Å². The number of nitrogens with two attached hydrogens (primary N) is 1. The number of rotatable bonds is 1. The fraction of sp³-hybridized carbons (Fsp3) is 0.462. The molecule has 0 bridgehead atoms. The number of pyridine rings is 1. The average molecular weight is 309 g/mol. The molecule has 1 fully saturated rings. The van der Waals surface area contributed by atoms with Crippen LogP contribution in [0.5, 0.6) is 0 Å². The van der Waals surface area contributed by atoms with Gasteiger partial charge in [-0.2, -0.15) is 0 Å². The van der Waals surface area contributed by atoms with Gasteiger partial charge in [0.2, 0.25) is 0 Å². The summed E-state index contributed by atoms with van der Waals surface area (Å²) in [4.78, 5) is 4.68. The van der Waals surface area contributed by atoms with Crippen LogP contribution in [0, 0.1) is 0 Å². The fourth-order valence-corrected chi connectivity index (χ4v) is 3.10. The highest BCUT2D eigenvalue weighted by Crippen LogP contribution is 2.28. The molecule has 1 aliphatic heterocycles. The Hall–Kier alpha value is -1.07. The number of fused-ring (bicyclic) bond motifs is 1. The lowest BCUT2D eigenvalue weighted by Crippen LogP contribution is -2.20. The number of nitrogens with zero attached hydrogens (tertiary/aromatic N) is 2. The molecule has 0 aromatic carbocycles. The lowest BCUT2D eigenvalue weighted by Gasteiger charge is -2.13. The van der Waals surface area contributed by atoms with Gasteiger partial charge in [-0.1, -0.05) is 6.42 Å². The molecule has 1 atom stereocenters. The molecule has 96 valence electrons. The molecule has 1 saturated heterocycles. The summed E-state index contributed by atoms with van der Waals surface area (Å²) >= 11 is 3.53. The Balaban J connectivity index is 2.05. The van der Waals surface area contributed by atoms with E-state index in [0.29, 0.717) is 5.92 Å². The molecule has 0 aliphatic carbocycles. The Morgan fingerprint density at radius 2 is 2.33 bits per heavy atom. The number of aromatic nitrogens is 2. The third kappa shape index (κ3) is 2.12. The topological polar surface area (TPSA) is 55.4 Å². The van der Waals surface area contributed by atoms with Crippen molar-refractivity contribution in [2.24, 2.45) is 0 Å². The standard InChI is InChI=1S/C13H17BrN4/c14-12-11-7-10(15)4-6-18(11)13(17-12)9-3-1-2-5-16-8-9/h4,6-7,9,16H,1-3,5,8,15H2. The summed E-state index contributed by atoms with van der Waals surface area (Å²) in [6.07, 6.45) is 5.73. The van der Waals surface area contributed by atoms with Crippen LogP contribution >= 0.6 is 15.9 Å². The first kappa shape index (κ1) is 12.0. The van der Waals surface area contributed by atoms with Crippen LogP contribution in [0.4, 0.5) is 5.69 Å². The normalized spacial score (nSPS) is 21.1. The summed E-state index contributed by atoms with van der Waals surface area (Å²) < 4.78 is 3.03. The smallest absolute Gasteiger partial charge is 0.132 e. The van der Waals surface area contributed by atoms with Crippen molar-refractivity contribution in [2.75, 3.05) is 18.8 Å². The molecule has 3 N–H and O–H groups in total. The monoisotopic (exact) mass is 308 g/mol. The first-order valence-electron chi connectivity index (χ1n) is 6.39. The number of nitrogens with one attached hydrogen (secondary N) is 1. The van der Waals surface area contributed by atoms with Crippen LogP contribution in [0.3, 0.4) is 0 Å². The lowest BCUT2D eigenvalue weighted by atomic mass is 10.0. The second-order valence-electron chi connectivity index (χ2n) is 4.87. The summed E-state index contributed by atoms with van der Waals surface area (Å²) in [6.45, 7) is 2.13. The molecule has 18 heavy (non-hydrogen) atoms. The minimum Gasteiger partial charge on any atom is -0.399 e. The maximum absolute atomic E-state index is 5.83. The van der Waals surface area contributed by atoms with E-state index in [-0.39, 0.29) is 0 Å². The van der Waals surface area contributed by atoms with Gasteiger partial charge in [0.05, 0.1) is 5.52 Å². The van der Waals surface area contributed by atoms with Crippen molar-refractivity contribution < 1.29 is 0 Å². The molecule has 0 saturated carbocycles. The summed E-state index contributed by atoms with van der Waals surface area (Å²) in [5.41, 5.74) is 7.65.